The topological polar surface area (TPSA) is 12.5 Å². The lowest BCUT2D eigenvalue weighted by Crippen LogP contribution is -2.60. The number of hydrogen-bond donors (Lipinski definition) is 0. The van der Waals surface area contributed by atoms with Gasteiger partial charge in [-0.15, -0.1) is 0 Å². The van der Waals surface area contributed by atoms with Crippen molar-refractivity contribution < 1.29 is 4.74 Å². The van der Waals surface area contributed by atoms with Gasteiger partial charge in [-0.25, -0.2) is 0 Å². The summed E-state index contributed by atoms with van der Waals surface area (Å²) < 4.78 is 5.53. The number of piperidine rings is 1. The van der Waals surface area contributed by atoms with Gasteiger partial charge in [-0.2, -0.15) is 0 Å². The highest BCUT2D eigenvalue weighted by Gasteiger charge is 2.53. The summed E-state index contributed by atoms with van der Waals surface area (Å²) in [6.07, 6.45) is 8.26. The van der Waals surface area contributed by atoms with Crippen molar-refractivity contribution in [2.45, 2.75) is 56.9 Å². The lowest BCUT2D eigenvalue weighted by molar-refractivity contribution is -0.00847. The number of likely N-dealkylation sites (tertiary alicyclic amines) is 1. The van der Waals surface area contributed by atoms with Crippen molar-refractivity contribution in [3.63, 3.8) is 0 Å². The first kappa shape index (κ1) is 13.6. The summed E-state index contributed by atoms with van der Waals surface area (Å²) in [5.74, 6) is 1.92. The molecule has 1 saturated carbocycles. The largest absolute Gasteiger partial charge is 0.497 e. The van der Waals surface area contributed by atoms with E-state index in [9.17, 15) is 0 Å². The van der Waals surface area contributed by atoms with E-state index in [0.717, 1.165) is 17.7 Å². The van der Waals surface area contributed by atoms with E-state index in [2.05, 4.69) is 30.0 Å². The highest BCUT2D eigenvalue weighted by molar-refractivity contribution is 5.45. The minimum atomic E-state index is 0.455. The predicted octanol–water partition coefficient (Wildman–Crippen LogP) is 3.77. The van der Waals surface area contributed by atoms with E-state index < -0.39 is 0 Å². The second kappa shape index (κ2) is 5.01. The lowest BCUT2D eigenvalue weighted by atomic mass is 9.52. The molecule has 0 aromatic heterocycles. The third-order valence-corrected chi connectivity index (χ3v) is 6.57. The summed E-state index contributed by atoms with van der Waals surface area (Å²) in [6.45, 7) is 4.83. The molecule has 21 heavy (non-hydrogen) atoms. The number of methoxy groups -OCH3 is 1. The zero-order chi connectivity index (χ0) is 14.4. The fourth-order valence-corrected chi connectivity index (χ4v) is 5.58. The minimum Gasteiger partial charge on any atom is -0.497 e. The van der Waals surface area contributed by atoms with Gasteiger partial charge in [0.15, 0.2) is 0 Å². The minimum absolute atomic E-state index is 0.455. The molecular formula is C19H27NO. The maximum Gasteiger partial charge on any atom is 0.119 e. The third kappa shape index (κ3) is 1.88. The van der Waals surface area contributed by atoms with Crippen LogP contribution in [0.25, 0.3) is 0 Å². The third-order valence-electron chi connectivity index (χ3n) is 6.57. The van der Waals surface area contributed by atoms with Crippen LogP contribution in [0.15, 0.2) is 18.2 Å². The summed E-state index contributed by atoms with van der Waals surface area (Å²) in [5, 5.41) is 0. The Morgan fingerprint density at radius 3 is 3.00 bits per heavy atom. The molecule has 2 fully saturated rings. The van der Waals surface area contributed by atoms with Gasteiger partial charge in [0.25, 0.3) is 0 Å². The highest BCUT2D eigenvalue weighted by Crippen LogP contribution is 2.56. The van der Waals surface area contributed by atoms with E-state index in [0.29, 0.717) is 5.41 Å². The normalized spacial score (nSPS) is 35.0. The summed E-state index contributed by atoms with van der Waals surface area (Å²) >= 11 is 0. The molecule has 114 valence electrons. The van der Waals surface area contributed by atoms with E-state index in [1.807, 2.05) is 0 Å². The molecule has 0 unspecified atom stereocenters. The van der Waals surface area contributed by atoms with E-state index in [1.54, 1.807) is 18.2 Å². The van der Waals surface area contributed by atoms with Crippen molar-refractivity contribution >= 4 is 0 Å². The first-order valence-electron chi connectivity index (χ1n) is 8.70. The van der Waals surface area contributed by atoms with Gasteiger partial charge in [0.2, 0.25) is 0 Å². The van der Waals surface area contributed by atoms with Crippen molar-refractivity contribution in [2.24, 2.45) is 5.92 Å². The number of likely N-dealkylation sites (N-methyl/N-ethyl adjacent to an activating group) is 1. The van der Waals surface area contributed by atoms with Gasteiger partial charge < -0.3 is 4.74 Å². The van der Waals surface area contributed by atoms with Gasteiger partial charge in [0, 0.05) is 11.5 Å². The second-order valence-electron chi connectivity index (χ2n) is 7.18. The smallest absolute Gasteiger partial charge is 0.119 e. The molecular weight excluding hydrogens is 258 g/mol. The van der Waals surface area contributed by atoms with E-state index in [1.165, 1.54) is 51.6 Å². The molecule has 1 saturated heterocycles. The van der Waals surface area contributed by atoms with Gasteiger partial charge in [0.1, 0.15) is 5.75 Å². The summed E-state index contributed by atoms with van der Waals surface area (Å²) in [5.41, 5.74) is 3.69. The van der Waals surface area contributed by atoms with Crippen LogP contribution >= 0.6 is 0 Å². The Bertz CT molecular complexity index is 540. The maximum absolute atomic E-state index is 5.53. The highest BCUT2D eigenvalue weighted by atomic mass is 16.5. The Morgan fingerprint density at radius 2 is 2.19 bits per heavy atom. The number of nitrogens with zero attached hydrogens (tertiary/aromatic N) is 1. The van der Waals surface area contributed by atoms with E-state index >= 15 is 0 Å². The molecule has 1 aliphatic heterocycles. The Balaban J connectivity index is 1.85. The number of fused-ring (bicyclic) bond motifs is 1. The zero-order valence-corrected chi connectivity index (χ0v) is 13.4. The summed E-state index contributed by atoms with van der Waals surface area (Å²) in [4.78, 5) is 2.75. The first-order chi connectivity index (χ1) is 10.3. The van der Waals surface area contributed by atoms with Crippen molar-refractivity contribution in [3.05, 3.63) is 29.3 Å². The summed E-state index contributed by atoms with van der Waals surface area (Å²) in [6, 6.07) is 7.65. The zero-order valence-electron chi connectivity index (χ0n) is 13.4. The van der Waals surface area contributed by atoms with E-state index in [4.69, 9.17) is 4.74 Å². The number of ether oxygens (including phenoxy) is 1. The van der Waals surface area contributed by atoms with Crippen LogP contribution < -0.4 is 4.74 Å². The molecule has 0 amide bonds. The molecule has 3 aliphatic rings. The van der Waals surface area contributed by atoms with Gasteiger partial charge in [0.05, 0.1) is 7.11 Å². The fraction of sp³-hybridized carbons (Fsp3) is 0.684. The Hall–Kier alpha value is -1.02. The molecule has 2 bridgehead atoms. The predicted molar refractivity (Wildman–Crippen MR) is 86.0 cm³/mol. The van der Waals surface area contributed by atoms with Crippen LogP contribution in [0.4, 0.5) is 0 Å². The Morgan fingerprint density at radius 1 is 1.29 bits per heavy atom. The standard InChI is InChI=1S/C19H27NO/c1-3-20-11-10-19-9-5-4-6-16(19)18(20)12-14-7-8-15(21-2)13-17(14)19/h7-8,13,16,18H,3-6,9-12H2,1-2H3/t16-,18+,19+/m1/s1. The molecule has 0 spiro atoms. The number of hydrogen-bond acceptors (Lipinski definition) is 2. The lowest BCUT2D eigenvalue weighted by Gasteiger charge is -2.59. The molecule has 1 heterocycles. The average molecular weight is 285 g/mol. The van der Waals surface area contributed by atoms with Gasteiger partial charge in [-0.05, 0) is 68.0 Å². The average Bonchev–Trinajstić information content (AvgIpc) is 2.54. The van der Waals surface area contributed by atoms with Crippen LogP contribution in [0.1, 0.15) is 50.2 Å². The molecule has 2 aliphatic carbocycles. The van der Waals surface area contributed by atoms with Crippen LogP contribution in [0, 0.1) is 5.92 Å². The van der Waals surface area contributed by atoms with Crippen LogP contribution in [0.5, 0.6) is 5.75 Å². The second-order valence-corrected chi connectivity index (χ2v) is 7.18. The molecule has 1 aromatic rings. The first-order valence-corrected chi connectivity index (χ1v) is 8.70. The van der Waals surface area contributed by atoms with Crippen molar-refractivity contribution in [1.29, 1.82) is 0 Å². The van der Waals surface area contributed by atoms with E-state index in [-0.39, 0.29) is 0 Å². The van der Waals surface area contributed by atoms with Gasteiger partial charge >= 0.3 is 0 Å². The Labute approximate surface area is 128 Å². The van der Waals surface area contributed by atoms with Crippen LogP contribution in [0.3, 0.4) is 0 Å². The van der Waals surface area contributed by atoms with Crippen LogP contribution in [0.2, 0.25) is 0 Å². The molecule has 2 nitrogen and oxygen atoms in total. The fourth-order valence-electron chi connectivity index (χ4n) is 5.58. The SMILES string of the molecule is CCN1CC[C@@]23CCCC[C@@H]2[C@@H]1Cc1ccc(OC)cc13. The molecule has 1 aromatic carbocycles. The van der Waals surface area contributed by atoms with Crippen molar-refractivity contribution in [2.75, 3.05) is 20.2 Å². The molecule has 3 atom stereocenters. The molecule has 4 rings (SSSR count). The Kier molecular flexibility index (Phi) is 3.25. The van der Waals surface area contributed by atoms with Gasteiger partial charge in [-0.1, -0.05) is 25.8 Å². The summed E-state index contributed by atoms with van der Waals surface area (Å²) in [7, 11) is 1.79. The quantitative estimate of drug-likeness (QED) is 0.820. The van der Waals surface area contributed by atoms with Crippen molar-refractivity contribution in [3.8, 4) is 5.75 Å². The van der Waals surface area contributed by atoms with Crippen molar-refractivity contribution in [1.82, 2.24) is 4.90 Å². The monoisotopic (exact) mass is 285 g/mol. The molecule has 0 N–H and O–H groups in total. The molecule has 0 radical (unpaired) electrons. The number of benzene rings is 1. The van der Waals surface area contributed by atoms with Gasteiger partial charge in [-0.3, -0.25) is 4.90 Å². The maximum atomic E-state index is 5.53. The van der Waals surface area contributed by atoms with Crippen LogP contribution in [-0.2, 0) is 11.8 Å². The molecule has 2 heteroatoms. The van der Waals surface area contributed by atoms with Crippen LogP contribution in [-0.4, -0.2) is 31.1 Å². The number of rotatable bonds is 2.